The molecule has 0 bridgehead atoms. The molecule has 0 aromatic heterocycles. The maximum Gasteiger partial charge on any atom is 0.337 e. The van der Waals surface area contributed by atoms with Crippen molar-refractivity contribution < 1.29 is 18.7 Å². The SMILES string of the molecule is CCOC(=O)C1=C(CN2CCCc3cccc(F)c32)NC(=O)N[C@H]1CC. The smallest absolute Gasteiger partial charge is 0.337 e. The second-order valence-corrected chi connectivity index (χ2v) is 6.44. The van der Waals surface area contributed by atoms with Gasteiger partial charge in [0, 0.05) is 6.54 Å². The van der Waals surface area contributed by atoms with Crippen molar-refractivity contribution in [2.24, 2.45) is 0 Å². The Morgan fingerprint density at radius 3 is 2.92 bits per heavy atom. The zero-order valence-corrected chi connectivity index (χ0v) is 15.1. The summed E-state index contributed by atoms with van der Waals surface area (Å²) in [5, 5.41) is 5.48. The van der Waals surface area contributed by atoms with E-state index in [9.17, 15) is 14.0 Å². The number of ether oxygens (including phenoxy) is 1. The van der Waals surface area contributed by atoms with Crippen LogP contribution in [0.15, 0.2) is 29.5 Å². The van der Waals surface area contributed by atoms with Crippen LogP contribution >= 0.6 is 0 Å². The highest BCUT2D eigenvalue weighted by Gasteiger charge is 2.33. The van der Waals surface area contributed by atoms with E-state index in [0.717, 1.165) is 18.4 Å². The number of halogens is 1. The molecule has 2 aliphatic heterocycles. The molecule has 0 saturated carbocycles. The Morgan fingerprint density at radius 2 is 2.19 bits per heavy atom. The van der Waals surface area contributed by atoms with Crippen LogP contribution in [0.4, 0.5) is 14.9 Å². The Labute approximate surface area is 152 Å². The number of benzene rings is 1. The van der Waals surface area contributed by atoms with E-state index in [1.54, 1.807) is 13.0 Å². The number of anilines is 1. The number of nitrogens with zero attached hydrogens (tertiary/aromatic N) is 1. The van der Waals surface area contributed by atoms with E-state index in [0.29, 0.717) is 29.9 Å². The molecule has 2 aliphatic rings. The lowest BCUT2D eigenvalue weighted by molar-refractivity contribution is -0.139. The maximum absolute atomic E-state index is 14.4. The van der Waals surface area contributed by atoms with Crippen molar-refractivity contribution >= 4 is 17.7 Å². The van der Waals surface area contributed by atoms with Crippen molar-refractivity contribution in [3.05, 3.63) is 40.8 Å². The van der Waals surface area contributed by atoms with E-state index in [2.05, 4.69) is 10.6 Å². The number of carbonyl (C=O) groups is 2. The van der Waals surface area contributed by atoms with Crippen LogP contribution < -0.4 is 15.5 Å². The van der Waals surface area contributed by atoms with E-state index in [1.807, 2.05) is 17.9 Å². The highest BCUT2D eigenvalue weighted by molar-refractivity contribution is 5.95. The Morgan fingerprint density at radius 1 is 1.38 bits per heavy atom. The zero-order valence-electron chi connectivity index (χ0n) is 15.1. The lowest BCUT2D eigenvalue weighted by Crippen LogP contribution is -2.52. The predicted octanol–water partition coefficient (Wildman–Crippen LogP) is 2.49. The summed E-state index contributed by atoms with van der Waals surface area (Å²) in [6.45, 7) is 4.80. The Hall–Kier alpha value is -2.57. The molecule has 140 valence electrons. The largest absolute Gasteiger partial charge is 0.463 e. The first-order valence-corrected chi connectivity index (χ1v) is 9.05. The quantitative estimate of drug-likeness (QED) is 0.791. The van der Waals surface area contributed by atoms with Crippen molar-refractivity contribution in [1.82, 2.24) is 10.6 Å². The van der Waals surface area contributed by atoms with Gasteiger partial charge in [0.25, 0.3) is 0 Å². The first kappa shape index (κ1) is 18.2. The van der Waals surface area contributed by atoms with Gasteiger partial charge in [-0.1, -0.05) is 19.1 Å². The van der Waals surface area contributed by atoms with Gasteiger partial charge in [0.15, 0.2) is 0 Å². The van der Waals surface area contributed by atoms with E-state index < -0.39 is 12.0 Å². The summed E-state index contributed by atoms with van der Waals surface area (Å²) < 4.78 is 19.6. The average molecular weight is 361 g/mol. The third kappa shape index (κ3) is 3.52. The molecule has 0 aliphatic carbocycles. The molecule has 7 heteroatoms. The zero-order chi connectivity index (χ0) is 18.7. The van der Waals surface area contributed by atoms with Gasteiger partial charge in [-0.25, -0.2) is 14.0 Å². The second-order valence-electron chi connectivity index (χ2n) is 6.44. The van der Waals surface area contributed by atoms with Crippen molar-refractivity contribution in [2.75, 3.05) is 24.6 Å². The second kappa shape index (κ2) is 7.76. The monoisotopic (exact) mass is 361 g/mol. The van der Waals surface area contributed by atoms with E-state index in [-0.39, 0.29) is 25.0 Å². The number of para-hydroxylation sites is 1. The minimum absolute atomic E-state index is 0.251. The number of carbonyl (C=O) groups excluding carboxylic acids is 2. The van der Waals surface area contributed by atoms with Crippen LogP contribution in [0.5, 0.6) is 0 Å². The number of amides is 2. The minimum atomic E-state index is -0.451. The maximum atomic E-state index is 14.4. The molecule has 1 aromatic carbocycles. The number of nitrogens with one attached hydrogen (secondary N) is 2. The van der Waals surface area contributed by atoms with Crippen molar-refractivity contribution in [1.29, 1.82) is 0 Å². The number of hydrogen-bond donors (Lipinski definition) is 2. The van der Waals surface area contributed by atoms with Crippen LogP contribution in [-0.2, 0) is 16.0 Å². The van der Waals surface area contributed by atoms with Gasteiger partial charge in [-0.05, 0) is 37.8 Å². The highest BCUT2D eigenvalue weighted by Crippen LogP contribution is 2.31. The molecule has 0 spiro atoms. The van der Waals surface area contributed by atoms with Crippen molar-refractivity contribution in [2.45, 2.75) is 39.2 Å². The van der Waals surface area contributed by atoms with Crippen LogP contribution in [0.2, 0.25) is 0 Å². The summed E-state index contributed by atoms with van der Waals surface area (Å²) in [6, 6.07) is 4.29. The summed E-state index contributed by atoms with van der Waals surface area (Å²) in [4.78, 5) is 26.4. The van der Waals surface area contributed by atoms with Crippen LogP contribution in [-0.4, -0.2) is 37.7 Å². The number of aryl methyl sites for hydroxylation is 1. The number of urea groups is 1. The van der Waals surface area contributed by atoms with Gasteiger partial charge in [-0.15, -0.1) is 0 Å². The van der Waals surface area contributed by atoms with Gasteiger partial charge in [-0.2, -0.15) is 0 Å². The third-order valence-corrected chi connectivity index (χ3v) is 4.76. The van der Waals surface area contributed by atoms with Gasteiger partial charge in [0.2, 0.25) is 0 Å². The molecule has 26 heavy (non-hydrogen) atoms. The Kier molecular flexibility index (Phi) is 5.44. The molecular weight excluding hydrogens is 337 g/mol. The number of rotatable bonds is 5. The van der Waals surface area contributed by atoms with Crippen molar-refractivity contribution in [3.63, 3.8) is 0 Å². The molecule has 6 nitrogen and oxygen atoms in total. The molecule has 2 amide bonds. The Balaban J connectivity index is 1.98. The summed E-state index contributed by atoms with van der Waals surface area (Å²) in [6.07, 6.45) is 2.27. The van der Waals surface area contributed by atoms with Gasteiger partial charge in [0.1, 0.15) is 5.82 Å². The first-order valence-electron chi connectivity index (χ1n) is 9.05. The van der Waals surface area contributed by atoms with E-state index >= 15 is 0 Å². The lowest BCUT2D eigenvalue weighted by Gasteiger charge is -2.35. The summed E-state index contributed by atoms with van der Waals surface area (Å²) in [5.74, 6) is -0.736. The van der Waals surface area contributed by atoms with Crippen LogP contribution in [0.25, 0.3) is 0 Å². The minimum Gasteiger partial charge on any atom is -0.463 e. The third-order valence-electron chi connectivity index (χ3n) is 4.76. The Bertz CT molecular complexity index is 748. The van der Waals surface area contributed by atoms with Gasteiger partial charge >= 0.3 is 12.0 Å². The summed E-state index contributed by atoms with van der Waals surface area (Å²) >= 11 is 0. The lowest BCUT2D eigenvalue weighted by atomic mass is 9.97. The predicted molar refractivity (Wildman–Crippen MR) is 96.3 cm³/mol. The fraction of sp³-hybridized carbons (Fsp3) is 0.474. The van der Waals surface area contributed by atoms with E-state index in [4.69, 9.17) is 4.74 Å². The molecule has 1 aromatic rings. The summed E-state index contributed by atoms with van der Waals surface area (Å²) in [5.41, 5.74) is 2.39. The fourth-order valence-corrected chi connectivity index (χ4v) is 3.62. The van der Waals surface area contributed by atoms with Crippen molar-refractivity contribution in [3.8, 4) is 0 Å². The standard InChI is InChI=1S/C19H24FN3O3/c1-3-14-16(18(24)26-4-2)15(22-19(25)21-14)11-23-10-6-8-12-7-5-9-13(20)17(12)23/h5,7,9,14H,3-4,6,8,10-11H2,1-2H3,(H2,21,22,25)/t14-/m0/s1. The molecule has 2 N–H and O–H groups in total. The summed E-state index contributed by atoms with van der Waals surface area (Å²) in [7, 11) is 0. The highest BCUT2D eigenvalue weighted by atomic mass is 19.1. The number of esters is 1. The molecule has 0 fully saturated rings. The normalized spacial score (nSPS) is 19.6. The molecule has 2 heterocycles. The first-order chi connectivity index (χ1) is 12.5. The molecule has 0 unspecified atom stereocenters. The molecule has 0 saturated heterocycles. The van der Waals surface area contributed by atoms with E-state index in [1.165, 1.54) is 6.07 Å². The molecule has 0 radical (unpaired) electrons. The van der Waals surface area contributed by atoms with Gasteiger partial charge < -0.3 is 20.3 Å². The molecule has 1 atom stereocenters. The topological polar surface area (TPSA) is 70.7 Å². The van der Waals surface area contributed by atoms with Crippen LogP contribution in [0, 0.1) is 5.82 Å². The molecular formula is C19H24FN3O3. The average Bonchev–Trinajstić information content (AvgIpc) is 2.61. The van der Waals surface area contributed by atoms with Gasteiger partial charge in [-0.3, -0.25) is 0 Å². The van der Waals surface area contributed by atoms with Crippen LogP contribution in [0.1, 0.15) is 32.3 Å². The van der Waals surface area contributed by atoms with Gasteiger partial charge in [0.05, 0.1) is 36.2 Å². The molecule has 3 rings (SSSR count). The fourth-order valence-electron chi connectivity index (χ4n) is 3.62. The number of hydrogen-bond acceptors (Lipinski definition) is 4. The van der Waals surface area contributed by atoms with Crippen LogP contribution in [0.3, 0.4) is 0 Å². The number of fused-ring (bicyclic) bond motifs is 1.